The number of fused-ring (bicyclic) bond motifs is 5. The van der Waals surface area contributed by atoms with Gasteiger partial charge in [0, 0.05) is 18.4 Å². The van der Waals surface area contributed by atoms with E-state index in [1.807, 2.05) is 0 Å². The van der Waals surface area contributed by atoms with Crippen LogP contribution in [0.1, 0.15) is 79.1 Å². The van der Waals surface area contributed by atoms with E-state index in [1.54, 1.807) is 5.57 Å². The number of nitrogens with zero attached hydrogens (tertiary/aromatic N) is 1. The number of hydrogen-bond acceptors (Lipinski definition) is 3. The summed E-state index contributed by atoms with van der Waals surface area (Å²) in [7, 11) is 0. The number of carbonyl (C=O) groups is 1. The highest BCUT2D eigenvalue weighted by Gasteiger charge is 2.58. The van der Waals surface area contributed by atoms with E-state index in [-0.39, 0.29) is 17.8 Å². The molecule has 0 bridgehead atoms. The predicted octanol–water partition coefficient (Wildman–Crippen LogP) is 5.67. The SMILES string of the molecule is CCN(CC)CCOC1CC[C@@]2(C)C(=CC[C@@H]3[C@H]2CC[C@]2(C)C(=O)CC[C@@H]32)C1.Cl. The summed E-state index contributed by atoms with van der Waals surface area (Å²) in [6, 6.07) is 0. The first-order valence-electron chi connectivity index (χ1n) is 12.0. The first kappa shape index (κ1) is 23.3. The van der Waals surface area contributed by atoms with Gasteiger partial charge in [-0.2, -0.15) is 0 Å². The third-order valence-electron chi connectivity index (χ3n) is 9.42. The van der Waals surface area contributed by atoms with Crippen LogP contribution in [0.2, 0.25) is 0 Å². The minimum atomic E-state index is -0.00634. The Bertz CT molecular complexity index is 630. The van der Waals surface area contributed by atoms with Crippen molar-refractivity contribution in [1.29, 1.82) is 0 Å². The van der Waals surface area contributed by atoms with Crippen molar-refractivity contribution in [2.45, 2.75) is 85.2 Å². The van der Waals surface area contributed by atoms with Crippen molar-refractivity contribution in [2.75, 3.05) is 26.2 Å². The van der Waals surface area contributed by atoms with E-state index in [1.165, 1.54) is 25.7 Å². The fourth-order valence-corrected chi connectivity index (χ4v) is 7.43. The van der Waals surface area contributed by atoms with Gasteiger partial charge in [0.15, 0.2) is 0 Å². The van der Waals surface area contributed by atoms with Gasteiger partial charge in [-0.05, 0) is 81.2 Å². The van der Waals surface area contributed by atoms with E-state index in [2.05, 4.69) is 38.7 Å². The van der Waals surface area contributed by atoms with E-state index in [0.29, 0.717) is 23.2 Å². The molecule has 0 amide bonds. The molecule has 0 aromatic rings. The number of Topliss-reactive ketones (excluding diaryl/α,β-unsaturated/α-hetero) is 1. The summed E-state index contributed by atoms with van der Waals surface area (Å²) in [6.07, 6.45) is 12.2. The molecule has 4 aliphatic carbocycles. The molecule has 0 spiro atoms. The van der Waals surface area contributed by atoms with Gasteiger partial charge in [0.2, 0.25) is 0 Å². The molecule has 0 aromatic carbocycles. The smallest absolute Gasteiger partial charge is 0.139 e. The number of rotatable bonds is 6. The average Bonchev–Trinajstić information content (AvgIpc) is 3.00. The molecule has 4 aliphatic rings. The summed E-state index contributed by atoms with van der Waals surface area (Å²) >= 11 is 0. The molecule has 0 aliphatic heterocycles. The fourth-order valence-electron chi connectivity index (χ4n) is 7.43. The van der Waals surface area contributed by atoms with Gasteiger partial charge >= 0.3 is 0 Å². The maximum atomic E-state index is 12.6. The fraction of sp³-hybridized carbons (Fsp3) is 0.880. The highest BCUT2D eigenvalue weighted by atomic mass is 35.5. The van der Waals surface area contributed by atoms with E-state index >= 15 is 0 Å². The monoisotopic (exact) mass is 423 g/mol. The molecule has 29 heavy (non-hydrogen) atoms. The molecule has 3 nitrogen and oxygen atoms in total. The van der Waals surface area contributed by atoms with E-state index in [9.17, 15) is 4.79 Å². The van der Waals surface area contributed by atoms with E-state index in [0.717, 1.165) is 63.8 Å². The van der Waals surface area contributed by atoms with E-state index in [4.69, 9.17) is 4.74 Å². The van der Waals surface area contributed by atoms with Gasteiger partial charge in [-0.25, -0.2) is 0 Å². The zero-order valence-electron chi connectivity index (χ0n) is 19.0. The predicted molar refractivity (Wildman–Crippen MR) is 121 cm³/mol. The number of carbonyl (C=O) groups excluding carboxylic acids is 1. The molecule has 3 saturated carbocycles. The molecule has 0 N–H and O–H groups in total. The third-order valence-corrected chi connectivity index (χ3v) is 9.42. The Hall–Kier alpha value is -0.380. The number of ketones is 1. The minimum Gasteiger partial charge on any atom is -0.377 e. The van der Waals surface area contributed by atoms with Crippen molar-refractivity contribution in [1.82, 2.24) is 4.90 Å². The quantitative estimate of drug-likeness (QED) is 0.515. The number of ether oxygens (including phenoxy) is 1. The molecule has 4 rings (SSSR count). The van der Waals surface area contributed by atoms with Crippen molar-refractivity contribution in [3.05, 3.63) is 11.6 Å². The van der Waals surface area contributed by atoms with Crippen molar-refractivity contribution in [3.8, 4) is 0 Å². The van der Waals surface area contributed by atoms with Crippen molar-refractivity contribution in [2.24, 2.45) is 28.6 Å². The van der Waals surface area contributed by atoms with Crippen molar-refractivity contribution < 1.29 is 9.53 Å². The summed E-state index contributed by atoms with van der Waals surface area (Å²) < 4.78 is 6.32. The average molecular weight is 424 g/mol. The van der Waals surface area contributed by atoms with Crippen LogP contribution < -0.4 is 0 Å². The Balaban J connectivity index is 0.00000240. The summed E-state index contributed by atoms with van der Waals surface area (Å²) in [4.78, 5) is 15.0. The number of halogens is 1. The van der Waals surface area contributed by atoms with Crippen molar-refractivity contribution >= 4 is 18.2 Å². The lowest BCUT2D eigenvalue weighted by atomic mass is 9.48. The van der Waals surface area contributed by atoms with Gasteiger partial charge in [-0.15, -0.1) is 12.4 Å². The van der Waals surface area contributed by atoms with Crippen LogP contribution in [0.5, 0.6) is 0 Å². The largest absolute Gasteiger partial charge is 0.377 e. The molecule has 1 unspecified atom stereocenters. The molecule has 0 radical (unpaired) electrons. The lowest BCUT2D eigenvalue weighted by Gasteiger charge is -2.57. The topological polar surface area (TPSA) is 29.5 Å². The molecule has 0 heterocycles. The highest BCUT2D eigenvalue weighted by molar-refractivity contribution is 5.87. The van der Waals surface area contributed by atoms with Crippen LogP contribution in [-0.4, -0.2) is 43.0 Å². The second kappa shape index (κ2) is 9.01. The van der Waals surface area contributed by atoms with Crippen LogP contribution in [0.15, 0.2) is 11.6 Å². The van der Waals surface area contributed by atoms with Crippen LogP contribution in [0, 0.1) is 28.6 Å². The number of hydrogen-bond donors (Lipinski definition) is 0. The second-order valence-electron chi connectivity index (χ2n) is 10.4. The highest BCUT2D eigenvalue weighted by Crippen LogP contribution is 2.64. The molecule has 0 saturated heterocycles. The Kier molecular flexibility index (Phi) is 7.23. The van der Waals surface area contributed by atoms with Gasteiger partial charge in [0.05, 0.1) is 12.7 Å². The Morgan fingerprint density at radius 2 is 1.76 bits per heavy atom. The molecular formula is C25H42ClNO2. The summed E-state index contributed by atoms with van der Waals surface area (Å²) in [5.41, 5.74) is 2.03. The van der Waals surface area contributed by atoms with E-state index < -0.39 is 0 Å². The maximum absolute atomic E-state index is 12.6. The summed E-state index contributed by atoms with van der Waals surface area (Å²) in [5, 5.41) is 0. The van der Waals surface area contributed by atoms with Crippen molar-refractivity contribution in [3.63, 3.8) is 0 Å². The lowest BCUT2D eigenvalue weighted by molar-refractivity contribution is -0.132. The third kappa shape index (κ3) is 3.96. The van der Waals surface area contributed by atoms with Gasteiger partial charge < -0.3 is 9.64 Å². The number of likely N-dealkylation sites (N-methyl/N-ethyl adjacent to an activating group) is 1. The molecule has 166 valence electrons. The molecular weight excluding hydrogens is 382 g/mol. The molecule has 4 heteroatoms. The Morgan fingerprint density at radius 1 is 1.07 bits per heavy atom. The van der Waals surface area contributed by atoms with Gasteiger partial charge in [0.25, 0.3) is 0 Å². The normalized spacial score (nSPS) is 41.3. The van der Waals surface area contributed by atoms with Gasteiger partial charge in [0.1, 0.15) is 5.78 Å². The second-order valence-corrected chi connectivity index (χ2v) is 10.4. The van der Waals surface area contributed by atoms with Crippen LogP contribution in [0.4, 0.5) is 0 Å². The van der Waals surface area contributed by atoms with Gasteiger partial charge in [-0.1, -0.05) is 39.3 Å². The molecule has 3 fully saturated rings. The summed E-state index contributed by atoms with van der Waals surface area (Å²) in [6.45, 7) is 13.4. The van der Waals surface area contributed by atoms with Gasteiger partial charge in [-0.3, -0.25) is 4.79 Å². The number of allylic oxidation sites excluding steroid dienone is 1. The van der Waals surface area contributed by atoms with Crippen LogP contribution in [-0.2, 0) is 9.53 Å². The lowest BCUT2D eigenvalue weighted by Crippen LogP contribution is -2.50. The Morgan fingerprint density at radius 3 is 2.48 bits per heavy atom. The Labute approximate surface area is 184 Å². The molecule has 6 atom stereocenters. The van der Waals surface area contributed by atoms with Crippen LogP contribution in [0.3, 0.4) is 0 Å². The molecule has 0 aromatic heterocycles. The maximum Gasteiger partial charge on any atom is 0.139 e. The first-order chi connectivity index (χ1) is 13.4. The van der Waals surface area contributed by atoms with Crippen LogP contribution >= 0.6 is 12.4 Å². The standard InChI is InChI=1S/C25H41NO2.ClH/c1-5-26(6-2)15-16-28-19-11-13-24(3)18(17-19)7-8-20-21-9-10-23(27)25(21,4)14-12-22(20)24;/h7,19-22H,5-6,8-17H2,1-4H3;1H/t19?,20-,21-,22+,24-,25-;/m0./s1. The van der Waals surface area contributed by atoms with Crippen LogP contribution in [0.25, 0.3) is 0 Å². The summed E-state index contributed by atoms with van der Waals surface area (Å²) in [5.74, 6) is 2.71. The first-order valence-corrected chi connectivity index (χ1v) is 12.0. The minimum absolute atomic E-state index is 0. The zero-order chi connectivity index (χ0) is 19.9. The zero-order valence-corrected chi connectivity index (χ0v) is 19.9.